The second-order valence-electron chi connectivity index (χ2n) is 21.9. The molecule has 0 spiro atoms. The minimum Gasteiger partial charge on any atom is -0.480 e. The number of aliphatic hydroxyl groups is 4. The van der Waals surface area contributed by atoms with Crippen LogP contribution in [0.2, 0.25) is 0 Å². The first-order chi connectivity index (χ1) is 35.4. The van der Waals surface area contributed by atoms with E-state index in [1.807, 2.05) is 0 Å². The minimum atomic E-state index is -1.76. The number of carbonyl (C=O) groups excluding carboxylic acids is 3. The van der Waals surface area contributed by atoms with Crippen molar-refractivity contribution < 1.29 is 44.7 Å². The van der Waals surface area contributed by atoms with Crippen molar-refractivity contribution in [1.82, 2.24) is 10.6 Å². The van der Waals surface area contributed by atoms with Crippen LogP contribution in [0.5, 0.6) is 0 Å². The van der Waals surface area contributed by atoms with Crippen LogP contribution < -0.4 is 16.4 Å². The molecule has 9 N–H and O–H groups in total. The van der Waals surface area contributed by atoms with Gasteiger partial charge in [-0.25, -0.2) is 4.79 Å². The molecule has 0 saturated heterocycles. The molecule has 0 bridgehead atoms. The van der Waals surface area contributed by atoms with Crippen molar-refractivity contribution in [2.24, 2.45) is 5.73 Å². The molecule has 0 fully saturated rings. The molecule has 12 nitrogen and oxygen atoms in total. The van der Waals surface area contributed by atoms with Gasteiger partial charge in [0.2, 0.25) is 16.9 Å². The summed E-state index contributed by atoms with van der Waals surface area (Å²) in [6, 6.07) is -3.23. The van der Waals surface area contributed by atoms with Gasteiger partial charge in [0.15, 0.2) is 0 Å². The van der Waals surface area contributed by atoms with Gasteiger partial charge in [0.25, 0.3) is 0 Å². The van der Waals surface area contributed by atoms with Gasteiger partial charge in [-0.1, -0.05) is 302 Å². The molecule has 0 rings (SSSR count). The van der Waals surface area contributed by atoms with Crippen molar-refractivity contribution in [2.45, 2.75) is 338 Å². The van der Waals surface area contributed by atoms with Crippen molar-refractivity contribution >= 4 is 34.7 Å². The fourth-order valence-electron chi connectivity index (χ4n) is 10.4. The highest BCUT2D eigenvalue weighted by atomic mass is 32.2. The van der Waals surface area contributed by atoms with Crippen LogP contribution in [0.1, 0.15) is 310 Å². The van der Waals surface area contributed by atoms with Gasteiger partial charge in [0.05, 0.1) is 24.6 Å². The lowest BCUT2D eigenvalue weighted by atomic mass is 9.73. The predicted molar refractivity (Wildman–Crippen MR) is 306 cm³/mol. The van der Waals surface area contributed by atoms with Gasteiger partial charge in [-0.15, -0.1) is 0 Å². The number of carbonyl (C=O) groups is 4. The van der Waals surface area contributed by atoms with Gasteiger partial charge in [0, 0.05) is 0 Å². The lowest BCUT2D eigenvalue weighted by Crippen LogP contribution is -2.69. The third-order valence-electron chi connectivity index (χ3n) is 15.4. The van der Waals surface area contributed by atoms with Crippen LogP contribution in [-0.4, -0.2) is 96.7 Å². The maximum Gasteiger partial charge on any atom is 0.328 e. The van der Waals surface area contributed by atoms with Crippen LogP contribution in [-0.2, 0) is 19.2 Å². The molecule has 73 heavy (non-hydrogen) atoms. The van der Waals surface area contributed by atoms with E-state index in [-0.39, 0.29) is 6.42 Å². The van der Waals surface area contributed by atoms with E-state index in [0.717, 1.165) is 88.8 Å². The second kappa shape index (κ2) is 49.8. The molecule has 0 aromatic carbocycles. The van der Waals surface area contributed by atoms with Gasteiger partial charge in [-0.3, -0.25) is 14.4 Å². The Hall–Kier alpha value is -1.77. The van der Waals surface area contributed by atoms with Crippen LogP contribution in [0.25, 0.3) is 0 Å². The third-order valence-corrected chi connectivity index (χ3v) is 17.0. The number of aliphatic hydroxyl groups excluding tert-OH is 4. The van der Waals surface area contributed by atoms with Crippen LogP contribution in [0, 0.1) is 0 Å². The standard InChI is InChI=1S/C60H117N3O9S/c1-4-7-10-13-16-19-22-25-28-31-34-37-40-43-46-59(73-57(71)54(67)51-66,47-44-41-38-35-32-29-26-23-20-17-14-11-8-5-2)60(61,58(72)63-52(49-64)55(68)62-53(50-65)56(69)70)48-45-42-39-36-33-30-27-24-21-18-15-12-9-6-3/h52-54,64-67H,4-51,61H2,1-3H3,(H,62,68)(H,63,72)(H,69,70)/t52-,53-,54?,60+/m0/s1. The van der Waals surface area contributed by atoms with Crippen LogP contribution in [0.15, 0.2) is 0 Å². The van der Waals surface area contributed by atoms with Gasteiger partial charge in [0.1, 0.15) is 23.7 Å². The molecule has 4 atom stereocenters. The third kappa shape index (κ3) is 36.1. The number of unbranched alkanes of at least 4 members (excludes halogenated alkanes) is 39. The van der Waals surface area contributed by atoms with Gasteiger partial charge >= 0.3 is 5.97 Å². The summed E-state index contributed by atoms with van der Waals surface area (Å²) in [7, 11) is 0. The zero-order valence-corrected chi connectivity index (χ0v) is 48.3. The highest BCUT2D eigenvalue weighted by Crippen LogP contribution is 2.47. The maximum atomic E-state index is 15.0. The first kappa shape index (κ1) is 71.2. The summed E-state index contributed by atoms with van der Waals surface area (Å²) in [5.74, 6) is -3.19. The lowest BCUT2D eigenvalue weighted by Gasteiger charge is -2.48. The zero-order valence-electron chi connectivity index (χ0n) is 47.5. The number of carboxylic acids is 1. The molecular formula is C60H117N3O9S. The summed E-state index contributed by atoms with van der Waals surface area (Å²) in [5.41, 5.74) is 5.81. The Morgan fingerprint density at radius 3 is 0.945 bits per heavy atom. The Bertz CT molecular complexity index is 1280. The molecule has 0 aromatic heterocycles. The quantitative estimate of drug-likeness (QED) is 0.0268. The number of nitrogens with one attached hydrogen (secondary N) is 2. The summed E-state index contributed by atoms with van der Waals surface area (Å²) < 4.78 is -1.24. The van der Waals surface area contributed by atoms with Gasteiger partial charge < -0.3 is 41.9 Å². The molecule has 13 heteroatoms. The number of aliphatic carboxylic acids is 1. The second-order valence-corrected chi connectivity index (χ2v) is 23.3. The van der Waals surface area contributed by atoms with E-state index in [1.165, 1.54) is 173 Å². The Balaban J connectivity index is 6.38. The smallest absolute Gasteiger partial charge is 0.328 e. The van der Waals surface area contributed by atoms with Crippen molar-refractivity contribution in [3.63, 3.8) is 0 Å². The van der Waals surface area contributed by atoms with Crippen molar-refractivity contribution in [3.8, 4) is 0 Å². The predicted octanol–water partition coefficient (Wildman–Crippen LogP) is 13.7. The molecule has 0 radical (unpaired) electrons. The molecule has 2 amide bonds. The first-order valence-electron chi connectivity index (χ1n) is 30.8. The number of hydrogen-bond donors (Lipinski definition) is 8. The first-order valence-corrected chi connectivity index (χ1v) is 31.6. The minimum absolute atomic E-state index is 0.178. The number of amides is 2. The van der Waals surface area contributed by atoms with Gasteiger partial charge in [-0.05, 0) is 19.3 Å². The van der Waals surface area contributed by atoms with Crippen molar-refractivity contribution in [2.75, 3.05) is 19.8 Å². The SMILES string of the molecule is CCCCCCCCCCCCCCCCC(CCCCCCCCCCCCCCCC)(SC(=O)C(O)CO)[C@@](N)(CCCCCCCCCCCCCCCC)C(=O)N[C@@H](CO)C(=O)N[C@@H](CO)C(=O)O. The van der Waals surface area contributed by atoms with E-state index in [0.29, 0.717) is 32.1 Å². The van der Waals surface area contributed by atoms with E-state index in [2.05, 4.69) is 31.4 Å². The fraction of sp³-hybridized carbons (Fsp3) is 0.933. The normalized spacial score (nSPS) is 13.9. The average molecular weight is 1060 g/mol. The van der Waals surface area contributed by atoms with Crippen LogP contribution in [0.3, 0.4) is 0 Å². The summed E-state index contributed by atoms with van der Waals surface area (Å²) >= 11 is 0.870. The Labute approximate surface area is 451 Å². The van der Waals surface area contributed by atoms with E-state index < -0.39 is 71.2 Å². The zero-order chi connectivity index (χ0) is 54.1. The summed E-state index contributed by atoms with van der Waals surface area (Å²) in [6.45, 7) is 4.22. The fourth-order valence-corrected chi connectivity index (χ4v) is 11.9. The molecule has 0 aromatic rings. The molecule has 0 aliphatic carbocycles. The molecule has 0 aliphatic rings. The number of hydrogen-bond acceptors (Lipinski definition) is 10. The molecule has 432 valence electrons. The topological polar surface area (TPSA) is 220 Å². The number of rotatable bonds is 56. The Morgan fingerprint density at radius 2 is 0.685 bits per heavy atom. The number of carboxylic acid groups (broad SMARTS) is 1. The highest BCUT2D eigenvalue weighted by Gasteiger charge is 2.55. The molecule has 0 aliphatic heterocycles. The molecule has 0 heterocycles. The summed E-state index contributed by atoms with van der Waals surface area (Å²) in [5, 5.41) is 54.6. The number of thioether (sulfide) groups is 1. The molecule has 1 unspecified atom stereocenters. The van der Waals surface area contributed by atoms with Crippen molar-refractivity contribution in [1.29, 1.82) is 0 Å². The summed E-state index contributed by atoms with van der Waals surface area (Å²) in [6.07, 6.45) is 48.1. The average Bonchev–Trinajstić information content (AvgIpc) is 3.38. The molecule has 0 saturated carbocycles. The lowest BCUT2D eigenvalue weighted by molar-refractivity contribution is -0.143. The van der Waals surface area contributed by atoms with Crippen LogP contribution in [0.4, 0.5) is 0 Å². The Morgan fingerprint density at radius 1 is 0.411 bits per heavy atom. The largest absolute Gasteiger partial charge is 0.480 e. The highest BCUT2D eigenvalue weighted by molar-refractivity contribution is 8.15. The van der Waals surface area contributed by atoms with E-state index in [1.54, 1.807) is 0 Å². The van der Waals surface area contributed by atoms with Crippen molar-refractivity contribution in [3.05, 3.63) is 0 Å². The van der Waals surface area contributed by atoms with Crippen LogP contribution >= 0.6 is 11.8 Å². The van der Waals surface area contributed by atoms with E-state index >= 15 is 4.79 Å². The monoisotopic (exact) mass is 1060 g/mol. The Kier molecular flexibility index (Phi) is 48.6. The van der Waals surface area contributed by atoms with Gasteiger partial charge in [-0.2, -0.15) is 0 Å². The summed E-state index contributed by atoms with van der Waals surface area (Å²) in [4.78, 5) is 54.1. The van der Waals surface area contributed by atoms with E-state index in [4.69, 9.17) is 5.73 Å². The van der Waals surface area contributed by atoms with E-state index in [9.17, 15) is 39.9 Å². The molecular weight excluding hydrogens is 939 g/mol. The maximum absolute atomic E-state index is 15.0. The number of nitrogens with two attached hydrogens (primary N) is 1.